The van der Waals surface area contributed by atoms with Gasteiger partial charge >= 0.3 is 0 Å². The van der Waals surface area contributed by atoms with Gasteiger partial charge in [0.2, 0.25) is 0 Å². The van der Waals surface area contributed by atoms with Crippen LogP contribution in [0.3, 0.4) is 0 Å². The lowest BCUT2D eigenvalue weighted by atomic mass is 11.9. The highest BCUT2D eigenvalue weighted by Gasteiger charge is 1.87. The summed E-state index contributed by atoms with van der Waals surface area (Å²) >= 11 is 0. The molecule has 0 rings (SSSR count). The Balaban J connectivity index is 2.63. The summed E-state index contributed by atoms with van der Waals surface area (Å²) < 4.78 is 5.38. The van der Waals surface area contributed by atoms with Gasteiger partial charge in [0.05, 0.1) is 0 Å². The third-order valence-electron chi connectivity index (χ3n) is 0.500. The highest BCUT2D eigenvalue weighted by atomic mass is 29.1. The normalized spacial score (nSPS) is 12.5. The third kappa shape index (κ3) is 4.61. The first-order chi connectivity index (χ1) is 2.77. The predicted octanol–water partition coefficient (Wildman–Crippen LogP) is -1.65. The Morgan fingerprint density at radius 2 is 2.17 bits per heavy atom. The van der Waals surface area contributed by atoms with Gasteiger partial charge in [-0.1, -0.05) is 0 Å². The Morgan fingerprint density at radius 3 is 2.17 bits per heavy atom. The lowest BCUT2D eigenvalue weighted by Crippen LogP contribution is -2.10. The maximum atomic E-state index is 5.38. The Kier molecular flexibility index (Phi) is 4.17. The van der Waals surface area contributed by atoms with E-state index in [0.29, 0.717) is 0 Å². The van der Waals surface area contributed by atoms with Gasteiger partial charge in [0.25, 0.3) is 0 Å². The molecule has 0 bridgehead atoms. The molecule has 0 unspecified atom stereocenters. The number of hydrogen-bond donors (Lipinski definition) is 0. The van der Waals surface area contributed by atoms with Gasteiger partial charge in [0, 0.05) is 9.76 Å². The van der Waals surface area contributed by atoms with Crippen LogP contribution < -0.4 is 0 Å². The van der Waals surface area contributed by atoms with Crippen molar-refractivity contribution in [1.82, 2.24) is 0 Å². The van der Waals surface area contributed by atoms with Gasteiger partial charge in [0.15, 0.2) is 9.04 Å². The fourth-order valence-electron chi connectivity index (χ4n) is 0.333. The summed E-state index contributed by atoms with van der Waals surface area (Å²) in [5, 5.41) is 0. The van der Waals surface area contributed by atoms with Crippen LogP contribution in [0.25, 0.3) is 0 Å². The second-order valence-electron chi connectivity index (χ2n) is 1.50. The van der Waals surface area contributed by atoms with Crippen LogP contribution in [0.2, 0.25) is 13.1 Å². The first-order valence-corrected chi connectivity index (χ1v) is 11.4. The molecule has 0 aliphatic heterocycles. The van der Waals surface area contributed by atoms with E-state index >= 15 is 0 Å². The van der Waals surface area contributed by atoms with Gasteiger partial charge in [-0.15, -0.1) is 0 Å². The first-order valence-electron chi connectivity index (χ1n) is 2.39. The van der Waals surface area contributed by atoms with Crippen molar-refractivity contribution in [3.8, 4) is 0 Å². The van der Waals surface area contributed by atoms with E-state index in [1.165, 1.54) is 9.76 Å². The molecule has 0 aliphatic carbocycles. The molecule has 4 heteroatoms. The Hall–Kier alpha value is 0.611. The molecular weight excluding hydrogens is 124 g/mol. The largest absolute Gasteiger partial charge is 0.466 e. The van der Waals surface area contributed by atoms with Crippen LogP contribution in [-0.2, 0) is 4.12 Å². The molecule has 0 aliphatic rings. The predicted molar refractivity (Wildman–Crippen MR) is 38.4 cm³/mol. The Labute approximate surface area is 46.0 Å². The van der Waals surface area contributed by atoms with Crippen LogP contribution in [0.4, 0.5) is 0 Å². The number of hydrogen-bond acceptors (Lipinski definition) is 1. The van der Waals surface area contributed by atoms with Crippen molar-refractivity contribution in [3.05, 3.63) is 0 Å². The van der Waals surface area contributed by atoms with Gasteiger partial charge < -0.3 is 4.12 Å². The number of rotatable bonds is 2. The van der Waals surface area contributed by atoms with Gasteiger partial charge in [-0.3, -0.25) is 0 Å². The summed E-state index contributed by atoms with van der Waals surface area (Å²) in [5.41, 5.74) is 0. The topological polar surface area (TPSA) is 9.23 Å². The fraction of sp³-hybridized carbons (Fsp3) is 1.00. The van der Waals surface area contributed by atoms with Crippen molar-refractivity contribution >= 4 is 28.1 Å². The minimum Gasteiger partial charge on any atom is -0.466 e. The van der Waals surface area contributed by atoms with Gasteiger partial charge in [0.1, 0.15) is 9.28 Å². The molecule has 0 radical (unpaired) electrons. The smallest absolute Gasteiger partial charge is 0.156 e. The summed E-state index contributed by atoms with van der Waals surface area (Å²) in [6, 6.07) is 0. The van der Waals surface area contributed by atoms with Gasteiger partial charge in [-0.2, -0.15) is 0 Å². The van der Waals surface area contributed by atoms with Gasteiger partial charge in [-0.25, -0.2) is 0 Å². The summed E-state index contributed by atoms with van der Waals surface area (Å²) in [7, 11) is 0.831. The quantitative estimate of drug-likeness (QED) is 0.414. The van der Waals surface area contributed by atoms with Crippen LogP contribution in [0.5, 0.6) is 0 Å². The van der Waals surface area contributed by atoms with Crippen molar-refractivity contribution in [2.45, 2.75) is 13.1 Å². The van der Waals surface area contributed by atoms with E-state index in [2.05, 4.69) is 13.1 Å². The zero-order valence-corrected chi connectivity index (χ0v) is 9.26. The van der Waals surface area contributed by atoms with Crippen LogP contribution in [-0.4, -0.2) is 28.1 Å². The van der Waals surface area contributed by atoms with Crippen molar-refractivity contribution < 1.29 is 4.12 Å². The van der Waals surface area contributed by atoms with E-state index in [9.17, 15) is 0 Å². The van der Waals surface area contributed by atoms with Crippen LogP contribution in [0.1, 0.15) is 0 Å². The molecule has 0 aromatic carbocycles. The highest BCUT2D eigenvalue weighted by Crippen LogP contribution is 1.75. The molecule has 0 saturated carbocycles. The summed E-state index contributed by atoms with van der Waals surface area (Å²) in [4.78, 5) is 0. The molecule has 1 nitrogen and oxygen atoms in total. The lowest BCUT2D eigenvalue weighted by molar-refractivity contribution is 0.641. The Morgan fingerprint density at radius 1 is 1.67 bits per heavy atom. The zero-order valence-electron chi connectivity index (χ0n) is 4.69. The SMILES string of the molecule is C[SiH](C)O[SiH2][SiH3]. The first kappa shape index (κ1) is 6.61. The highest BCUT2D eigenvalue weighted by molar-refractivity contribution is 6.88. The Bertz CT molecular complexity index is 30.0. The third-order valence-corrected chi connectivity index (χ3v) is 7.50. The van der Waals surface area contributed by atoms with E-state index in [1.807, 2.05) is 0 Å². The molecule has 6 heavy (non-hydrogen) atoms. The van der Waals surface area contributed by atoms with Crippen molar-refractivity contribution in [3.63, 3.8) is 0 Å². The van der Waals surface area contributed by atoms with E-state index < -0.39 is 9.04 Å². The van der Waals surface area contributed by atoms with Crippen LogP contribution in [0, 0.1) is 0 Å². The summed E-state index contributed by atoms with van der Waals surface area (Å²) in [6.07, 6.45) is 0. The minimum atomic E-state index is -0.574. The van der Waals surface area contributed by atoms with Gasteiger partial charge in [-0.05, 0) is 13.1 Å². The molecular formula is C2H12OSi3. The molecule has 0 fully saturated rings. The zero-order chi connectivity index (χ0) is 4.99. The van der Waals surface area contributed by atoms with Crippen LogP contribution >= 0.6 is 0 Å². The summed E-state index contributed by atoms with van der Waals surface area (Å²) in [6.45, 7) is 4.45. The molecule has 0 saturated heterocycles. The fourth-order valence-corrected chi connectivity index (χ4v) is 9.00. The van der Waals surface area contributed by atoms with Crippen molar-refractivity contribution in [2.75, 3.05) is 0 Å². The van der Waals surface area contributed by atoms with E-state index in [0.717, 1.165) is 0 Å². The average molecular weight is 136 g/mol. The van der Waals surface area contributed by atoms with Crippen molar-refractivity contribution in [2.24, 2.45) is 0 Å². The standard InChI is InChI=1S/C2H12OSi3/c1-6(2)3-5-4/h6H,5H2,1-2,4H3. The molecule has 38 valence electrons. The van der Waals surface area contributed by atoms with E-state index in [1.54, 1.807) is 0 Å². The molecule has 0 spiro atoms. The second-order valence-corrected chi connectivity index (χ2v) is 7.24. The summed E-state index contributed by atoms with van der Waals surface area (Å²) in [5.74, 6) is 0. The van der Waals surface area contributed by atoms with E-state index in [-0.39, 0.29) is 9.28 Å². The monoisotopic (exact) mass is 136 g/mol. The second kappa shape index (κ2) is 3.79. The molecule has 0 amide bonds. The molecule has 0 aromatic heterocycles. The molecule has 0 aromatic rings. The molecule has 0 heterocycles. The maximum absolute atomic E-state index is 5.38. The molecule has 0 atom stereocenters. The van der Waals surface area contributed by atoms with Crippen LogP contribution in [0.15, 0.2) is 0 Å². The maximum Gasteiger partial charge on any atom is 0.156 e. The van der Waals surface area contributed by atoms with Crippen molar-refractivity contribution in [1.29, 1.82) is 0 Å². The average Bonchev–Trinajstić information content (AvgIpc) is 1.35. The minimum absolute atomic E-state index is 0.0671. The molecule has 0 N–H and O–H groups in total. The lowest BCUT2D eigenvalue weighted by Gasteiger charge is -1.99. The van der Waals surface area contributed by atoms with E-state index in [4.69, 9.17) is 4.12 Å².